The van der Waals surface area contributed by atoms with Gasteiger partial charge >= 0.3 is 0 Å². The van der Waals surface area contributed by atoms with Crippen LogP contribution < -0.4 is 5.32 Å². The van der Waals surface area contributed by atoms with Crippen LogP contribution in [0.4, 0.5) is 5.69 Å². The van der Waals surface area contributed by atoms with Gasteiger partial charge in [-0.2, -0.15) is 0 Å². The van der Waals surface area contributed by atoms with Crippen molar-refractivity contribution in [2.75, 3.05) is 5.32 Å². The maximum absolute atomic E-state index is 12.8. The summed E-state index contributed by atoms with van der Waals surface area (Å²) in [5.74, 6) is 0.413. The molecule has 0 heterocycles. The van der Waals surface area contributed by atoms with E-state index in [1.807, 2.05) is 42.5 Å². The number of phenols is 1. The quantitative estimate of drug-likeness (QED) is 0.504. The molecule has 0 spiro atoms. The number of nitrogens with one attached hydrogen (secondary N) is 1. The first-order valence-corrected chi connectivity index (χ1v) is 9.34. The third-order valence-corrected chi connectivity index (χ3v) is 4.41. The Morgan fingerprint density at radius 3 is 2.24 bits per heavy atom. The molecule has 0 aliphatic heterocycles. The van der Waals surface area contributed by atoms with Crippen LogP contribution in [0.5, 0.6) is 5.75 Å². The highest BCUT2D eigenvalue weighted by Crippen LogP contribution is 2.24. The first kappa shape index (κ1) is 19.0. The Bertz CT molecular complexity index is 622. The van der Waals surface area contributed by atoms with E-state index < -0.39 is 0 Å². The van der Waals surface area contributed by atoms with Crippen LogP contribution in [0.2, 0.25) is 0 Å². The summed E-state index contributed by atoms with van der Waals surface area (Å²) in [6, 6.07) is 16.3. The second-order valence-corrected chi connectivity index (χ2v) is 6.52. The van der Waals surface area contributed by atoms with E-state index in [9.17, 15) is 9.90 Å². The largest absolute Gasteiger partial charge is 0.508 e. The molecule has 0 radical (unpaired) electrons. The molecule has 25 heavy (non-hydrogen) atoms. The molecule has 2 N–H and O–H groups in total. The molecule has 0 aliphatic rings. The van der Waals surface area contributed by atoms with E-state index in [0.29, 0.717) is 6.42 Å². The Morgan fingerprint density at radius 2 is 1.56 bits per heavy atom. The van der Waals surface area contributed by atoms with Crippen molar-refractivity contribution in [3.8, 4) is 5.75 Å². The highest BCUT2D eigenvalue weighted by atomic mass is 16.3. The van der Waals surface area contributed by atoms with Gasteiger partial charge in [0.15, 0.2) is 5.78 Å². The SMILES string of the molecule is CCCCCCCCC(=O)C(Nc1ccccc1)c1ccc(O)cc1. The molecule has 0 saturated carbocycles. The van der Waals surface area contributed by atoms with Crippen LogP contribution in [0.25, 0.3) is 0 Å². The number of ketones is 1. The number of hydrogen-bond acceptors (Lipinski definition) is 3. The number of para-hydroxylation sites is 1. The van der Waals surface area contributed by atoms with Crippen molar-refractivity contribution in [3.05, 3.63) is 60.2 Å². The second-order valence-electron chi connectivity index (χ2n) is 6.52. The number of hydrogen-bond donors (Lipinski definition) is 2. The van der Waals surface area contributed by atoms with Crippen LogP contribution in [0, 0.1) is 0 Å². The second kappa shape index (κ2) is 10.5. The van der Waals surface area contributed by atoms with E-state index in [2.05, 4.69) is 12.2 Å². The van der Waals surface area contributed by atoms with Crippen LogP contribution in [0.15, 0.2) is 54.6 Å². The van der Waals surface area contributed by atoms with E-state index in [1.165, 1.54) is 25.7 Å². The average Bonchev–Trinajstić information content (AvgIpc) is 2.64. The summed E-state index contributed by atoms with van der Waals surface area (Å²) in [5.41, 5.74) is 1.81. The summed E-state index contributed by atoms with van der Waals surface area (Å²) < 4.78 is 0. The maximum atomic E-state index is 12.8. The minimum absolute atomic E-state index is 0.199. The summed E-state index contributed by atoms with van der Waals surface area (Å²) in [4.78, 5) is 12.8. The zero-order valence-electron chi connectivity index (χ0n) is 15.1. The molecule has 0 saturated heterocycles. The van der Waals surface area contributed by atoms with Crippen LogP contribution in [-0.2, 0) is 4.79 Å². The lowest BCUT2D eigenvalue weighted by molar-refractivity contribution is -0.120. The van der Waals surface area contributed by atoms with E-state index in [0.717, 1.165) is 24.1 Å². The average molecular weight is 339 g/mol. The number of aromatic hydroxyl groups is 1. The highest BCUT2D eigenvalue weighted by molar-refractivity contribution is 5.88. The Kier molecular flexibility index (Phi) is 8.03. The molecule has 0 amide bonds. The molecule has 1 unspecified atom stereocenters. The highest BCUT2D eigenvalue weighted by Gasteiger charge is 2.20. The summed E-state index contributed by atoms with van der Waals surface area (Å²) in [7, 11) is 0. The van der Waals surface area contributed by atoms with Crippen molar-refractivity contribution in [3.63, 3.8) is 0 Å². The van der Waals surface area contributed by atoms with Gasteiger partial charge in [-0.1, -0.05) is 69.4 Å². The van der Waals surface area contributed by atoms with Gasteiger partial charge in [0.25, 0.3) is 0 Å². The van der Waals surface area contributed by atoms with Crippen molar-refractivity contribution >= 4 is 11.5 Å². The van der Waals surface area contributed by atoms with Gasteiger partial charge in [-0.05, 0) is 36.2 Å². The van der Waals surface area contributed by atoms with Gasteiger partial charge in [-0.15, -0.1) is 0 Å². The molecule has 2 rings (SSSR count). The lowest BCUT2D eigenvalue weighted by Crippen LogP contribution is -2.21. The molecule has 134 valence electrons. The van der Waals surface area contributed by atoms with E-state index in [-0.39, 0.29) is 17.6 Å². The molecule has 3 nitrogen and oxygen atoms in total. The van der Waals surface area contributed by atoms with Gasteiger partial charge in [0, 0.05) is 12.1 Å². The van der Waals surface area contributed by atoms with Crippen molar-refractivity contribution < 1.29 is 9.90 Å². The predicted octanol–water partition coefficient (Wildman–Crippen LogP) is 5.87. The van der Waals surface area contributed by atoms with Crippen LogP contribution in [0.3, 0.4) is 0 Å². The number of carbonyl (C=O) groups excluding carboxylic acids is 1. The fraction of sp³-hybridized carbons (Fsp3) is 0.409. The Labute approximate surface area is 151 Å². The third kappa shape index (κ3) is 6.61. The molecule has 0 fully saturated rings. The van der Waals surface area contributed by atoms with Gasteiger partial charge < -0.3 is 10.4 Å². The summed E-state index contributed by atoms with van der Waals surface area (Å²) in [6.45, 7) is 2.21. The van der Waals surface area contributed by atoms with Gasteiger partial charge in [0.1, 0.15) is 11.8 Å². The summed E-state index contributed by atoms with van der Waals surface area (Å²) >= 11 is 0. The van der Waals surface area contributed by atoms with Crippen molar-refractivity contribution in [2.24, 2.45) is 0 Å². The maximum Gasteiger partial charge on any atom is 0.159 e. The van der Waals surface area contributed by atoms with Gasteiger partial charge in [-0.3, -0.25) is 4.79 Å². The summed E-state index contributed by atoms with van der Waals surface area (Å²) in [5, 5.41) is 12.9. The smallest absolute Gasteiger partial charge is 0.159 e. The lowest BCUT2D eigenvalue weighted by Gasteiger charge is -2.19. The van der Waals surface area contributed by atoms with Crippen LogP contribution >= 0.6 is 0 Å². The van der Waals surface area contributed by atoms with E-state index in [4.69, 9.17) is 0 Å². The molecule has 0 bridgehead atoms. The fourth-order valence-corrected chi connectivity index (χ4v) is 2.94. The fourth-order valence-electron chi connectivity index (χ4n) is 2.94. The minimum Gasteiger partial charge on any atom is -0.508 e. The van der Waals surface area contributed by atoms with Crippen molar-refractivity contribution in [1.82, 2.24) is 0 Å². The number of Topliss-reactive ketones (excluding diaryl/α,β-unsaturated/α-hetero) is 1. The standard InChI is InChI=1S/C22H29NO2/c1-2-3-4-5-6-10-13-21(25)22(18-14-16-20(24)17-15-18)23-19-11-8-7-9-12-19/h7-9,11-12,14-17,22-24H,2-6,10,13H2,1H3. The van der Waals surface area contributed by atoms with Gasteiger partial charge in [0.05, 0.1) is 0 Å². The molecule has 0 aliphatic carbocycles. The first-order valence-electron chi connectivity index (χ1n) is 9.34. The van der Waals surface area contributed by atoms with E-state index >= 15 is 0 Å². The zero-order chi connectivity index (χ0) is 17.9. The van der Waals surface area contributed by atoms with Gasteiger partial charge in [-0.25, -0.2) is 0 Å². The normalized spacial score (nSPS) is 11.9. The van der Waals surface area contributed by atoms with Crippen LogP contribution in [-0.4, -0.2) is 10.9 Å². The molecular formula is C22H29NO2. The van der Waals surface area contributed by atoms with Crippen molar-refractivity contribution in [2.45, 2.75) is 57.9 Å². The number of benzene rings is 2. The number of rotatable bonds is 11. The molecule has 2 aromatic rings. The number of carbonyl (C=O) groups is 1. The molecule has 1 atom stereocenters. The van der Waals surface area contributed by atoms with Gasteiger partial charge in [0.2, 0.25) is 0 Å². The lowest BCUT2D eigenvalue weighted by atomic mass is 9.97. The monoisotopic (exact) mass is 339 g/mol. The number of anilines is 1. The van der Waals surface area contributed by atoms with Crippen LogP contribution in [0.1, 0.15) is 63.5 Å². The molecule has 3 heteroatoms. The topological polar surface area (TPSA) is 49.3 Å². The number of phenolic OH excluding ortho intramolecular Hbond substituents is 1. The van der Waals surface area contributed by atoms with Crippen molar-refractivity contribution in [1.29, 1.82) is 0 Å². The third-order valence-electron chi connectivity index (χ3n) is 4.41. The molecule has 0 aromatic heterocycles. The Hall–Kier alpha value is -2.29. The Morgan fingerprint density at radius 1 is 0.920 bits per heavy atom. The summed E-state index contributed by atoms with van der Waals surface area (Å²) in [6.07, 6.45) is 7.61. The first-order chi connectivity index (χ1) is 12.2. The van der Waals surface area contributed by atoms with E-state index in [1.54, 1.807) is 12.1 Å². The predicted molar refractivity (Wildman–Crippen MR) is 104 cm³/mol. The molecule has 2 aromatic carbocycles. The minimum atomic E-state index is -0.376. The Balaban J connectivity index is 1.98. The number of unbranched alkanes of at least 4 members (excludes halogenated alkanes) is 5. The zero-order valence-corrected chi connectivity index (χ0v) is 15.1. The molecular weight excluding hydrogens is 310 g/mol.